The van der Waals surface area contributed by atoms with E-state index in [1.165, 1.54) is 11.4 Å². The fraction of sp³-hybridized carbons (Fsp3) is 0.571. The first-order chi connectivity index (χ1) is 9.55. The molecule has 1 atom stereocenters. The Morgan fingerprint density at radius 1 is 1.40 bits per heavy atom. The number of thiazole rings is 1. The van der Waals surface area contributed by atoms with E-state index >= 15 is 0 Å². The highest BCUT2D eigenvalue weighted by Gasteiger charge is 2.17. The van der Waals surface area contributed by atoms with Crippen molar-refractivity contribution in [3.05, 3.63) is 31.9 Å². The number of hydrogen-bond acceptors (Lipinski definition) is 4. The summed E-state index contributed by atoms with van der Waals surface area (Å²) in [5, 5.41) is 11.2. The molecule has 0 fully saturated rings. The molecule has 20 heavy (non-hydrogen) atoms. The van der Waals surface area contributed by atoms with Gasteiger partial charge in [0, 0.05) is 30.8 Å². The fourth-order valence-corrected chi connectivity index (χ4v) is 3.40. The number of likely N-dealkylation sites (N-methyl/N-ethyl adjacent to an activating group) is 1. The van der Waals surface area contributed by atoms with Crippen molar-refractivity contribution in [3.63, 3.8) is 0 Å². The van der Waals surface area contributed by atoms with Gasteiger partial charge >= 0.3 is 0 Å². The summed E-state index contributed by atoms with van der Waals surface area (Å²) in [4.78, 5) is 4.55. The summed E-state index contributed by atoms with van der Waals surface area (Å²) in [6.07, 6.45) is 1.89. The van der Waals surface area contributed by atoms with Gasteiger partial charge in [-0.05, 0) is 43.7 Å². The standard InChI is InChI=1S/C14H21BrN4S/c1-5-19-13(14(15)9(2)18-19)7-11(16-4)6-12-8-20-10(3)17-12/h8,11,16H,5-7H2,1-4H3. The third kappa shape index (κ3) is 3.48. The van der Waals surface area contributed by atoms with Gasteiger partial charge in [0.2, 0.25) is 0 Å². The number of rotatable bonds is 6. The molecule has 1 unspecified atom stereocenters. The van der Waals surface area contributed by atoms with Gasteiger partial charge in [-0.1, -0.05) is 0 Å². The summed E-state index contributed by atoms with van der Waals surface area (Å²) in [7, 11) is 2.01. The third-order valence-corrected chi connectivity index (χ3v) is 5.28. The van der Waals surface area contributed by atoms with Crippen molar-refractivity contribution in [1.29, 1.82) is 0 Å². The second-order valence-corrected chi connectivity index (χ2v) is 6.77. The fourth-order valence-electron chi connectivity index (χ4n) is 2.33. The van der Waals surface area contributed by atoms with Crippen molar-refractivity contribution < 1.29 is 0 Å². The number of aryl methyl sites for hydroxylation is 3. The monoisotopic (exact) mass is 356 g/mol. The summed E-state index contributed by atoms with van der Waals surface area (Å²) >= 11 is 5.38. The van der Waals surface area contributed by atoms with Gasteiger partial charge in [-0.3, -0.25) is 4.68 Å². The quantitative estimate of drug-likeness (QED) is 0.864. The summed E-state index contributed by atoms with van der Waals surface area (Å²) in [5.74, 6) is 0. The number of halogens is 1. The molecular formula is C14H21BrN4S. The van der Waals surface area contributed by atoms with Gasteiger partial charge in [0.05, 0.1) is 26.6 Å². The van der Waals surface area contributed by atoms with Crippen LogP contribution in [0.4, 0.5) is 0 Å². The maximum Gasteiger partial charge on any atom is 0.0897 e. The average molecular weight is 357 g/mol. The first-order valence-electron chi connectivity index (χ1n) is 6.85. The van der Waals surface area contributed by atoms with Crippen molar-refractivity contribution in [3.8, 4) is 0 Å². The lowest BCUT2D eigenvalue weighted by molar-refractivity contribution is 0.515. The molecular weight excluding hydrogens is 336 g/mol. The predicted octanol–water partition coefficient (Wildman–Crippen LogP) is 3.11. The van der Waals surface area contributed by atoms with Crippen LogP contribution in [-0.4, -0.2) is 27.9 Å². The highest BCUT2D eigenvalue weighted by Crippen LogP contribution is 2.23. The zero-order valence-electron chi connectivity index (χ0n) is 12.4. The van der Waals surface area contributed by atoms with E-state index < -0.39 is 0 Å². The van der Waals surface area contributed by atoms with Gasteiger partial charge in [-0.2, -0.15) is 5.10 Å². The first-order valence-corrected chi connectivity index (χ1v) is 8.52. The lowest BCUT2D eigenvalue weighted by Gasteiger charge is -2.16. The number of hydrogen-bond donors (Lipinski definition) is 1. The van der Waals surface area contributed by atoms with E-state index in [0.717, 1.165) is 34.6 Å². The highest BCUT2D eigenvalue weighted by atomic mass is 79.9. The smallest absolute Gasteiger partial charge is 0.0897 e. The van der Waals surface area contributed by atoms with Crippen LogP contribution in [0.25, 0.3) is 0 Å². The molecule has 1 N–H and O–H groups in total. The van der Waals surface area contributed by atoms with Gasteiger partial charge in [-0.15, -0.1) is 11.3 Å². The van der Waals surface area contributed by atoms with Gasteiger partial charge in [0.25, 0.3) is 0 Å². The van der Waals surface area contributed by atoms with Crippen LogP contribution in [0.3, 0.4) is 0 Å². The Kier molecular flexibility index (Phi) is 5.35. The normalized spacial score (nSPS) is 12.8. The van der Waals surface area contributed by atoms with Crippen molar-refractivity contribution in [2.45, 2.75) is 46.2 Å². The Morgan fingerprint density at radius 3 is 2.70 bits per heavy atom. The Morgan fingerprint density at radius 2 is 2.15 bits per heavy atom. The van der Waals surface area contributed by atoms with E-state index in [0.29, 0.717) is 6.04 Å². The Balaban J connectivity index is 2.14. The largest absolute Gasteiger partial charge is 0.316 e. The van der Waals surface area contributed by atoms with Crippen LogP contribution in [-0.2, 0) is 19.4 Å². The average Bonchev–Trinajstić information content (AvgIpc) is 2.95. The predicted molar refractivity (Wildman–Crippen MR) is 87.4 cm³/mol. The van der Waals surface area contributed by atoms with Crippen LogP contribution in [0.15, 0.2) is 9.85 Å². The van der Waals surface area contributed by atoms with E-state index in [4.69, 9.17) is 0 Å². The summed E-state index contributed by atoms with van der Waals surface area (Å²) < 4.78 is 3.21. The molecule has 2 rings (SSSR count). The molecule has 110 valence electrons. The van der Waals surface area contributed by atoms with Crippen LogP contribution < -0.4 is 5.32 Å². The SMILES string of the molecule is CCn1nc(C)c(Br)c1CC(Cc1csc(C)n1)NC. The van der Waals surface area contributed by atoms with Crippen LogP contribution in [0.5, 0.6) is 0 Å². The molecule has 0 aromatic carbocycles. The molecule has 2 aromatic rings. The third-order valence-electron chi connectivity index (χ3n) is 3.42. The van der Waals surface area contributed by atoms with E-state index in [-0.39, 0.29) is 0 Å². The second-order valence-electron chi connectivity index (χ2n) is 4.91. The zero-order valence-corrected chi connectivity index (χ0v) is 14.8. The summed E-state index contributed by atoms with van der Waals surface area (Å²) in [6, 6.07) is 0.370. The highest BCUT2D eigenvalue weighted by molar-refractivity contribution is 9.10. The van der Waals surface area contributed by atoms with Crippen molar-refractivity contribution in [2.24, 2.45) is 0 Å². The van der Waals surface area contributed by atoms with E-state index in [9.17, 15) is 0 Å². The summed E-state index contributed by atoms with van der Waals surface area (Å²) in [5.41, 5.74) is 3.49. The molecule has 0 spiro atoms. The minimum atomic E-state index is 0.370. The van der Waals surface area contributed by atoms with Gasteiger partial charge < -0.3 is 5.32 Å². The molecule has 6 heteroatoms. The lowest BCUT2D eigenvalue weighted by Crippen LogP contribution is -2.31. The molecule has 4 nitrogen and oxygen atoms in total. The van der Waals surface area contributed by atoms with E-state index in [1.807, 2.05) is 14.0 Å². The molecule has 0 bridgehead atoms. The van der Waals surface area contributed by atoms with Crippen LogP contribution in [0.1, 0.15) is 29.0 Å². The molecule has 0 aliphatic heterocycles. The van der Waals surface area contributed by atoms with Crippen molar-refractivity contribution in [2.75, 3.05) is 7.05 Å². The maximum absolute atomic E-state index is 4.56. The molecule has 0 aliphatic rings. The Labute approximate surface area is 132 Å². The number of nitrogens with zero attached hydrogens (tertiary/aromatic N) is 3. The Bertz CT molecular complexity index is 576. The number of aromatic nitrogens is 3. The van der Waals surface area contributed by atoms with Crippen molar-refractivity contribution in [1.82, 2.24) is 20.1 Å². The van der Waals surface area contributed by atoms with Gasteiger partial charge in [-0.25, -0.2) is 4.98 Å². The minimum Gasteiger partial charge on any atom is -0.316 e. The molecule has 0 saturated carbocycles. The maximum atomic E-state index is 4.56. The number of nitrogens with one attached hydrogen (secondary N) is 1. The summed E-state index contributed by atoms with van der Waals surface area (Å²) in [6.45, 7) is 7.11. The topological polar surface area (TPSA) is 42.7 Å². The zero-order chi connectivity index (χ0) is 14.7. The lowest BCUT2D eigenvalue weighted by atomic mass is 10.1. The van der Waals surface area contributed by atoms with Crippen molar-refractivity contribution >= 4 is 27.3 Å². The van der Waals surface area contributed by atoms with Crippen LogP contribution in [0.2, 0.25) is 0 Å². The second kappa shape index (κ2) is 6.83. The first kappa shape index (κ1) is 15.7. The minimum absolute atomic E-state index is 0.370. The van der Waals surface area contributed by atoms with Gasteiger partial charge in [0.15, 0.2) is 0 Å². The molecule has 0 saturated heterocycles. The molecule has 2 aromatic heterocycles. The van der Waals surface area contributed by atoms with Gasteiger partial charge in [0.1, 0.15) is 0 Å². The molecule has 2 heterocycles. The Hall–Kier alpha value is -0.720. The van der Waals surface area contributed by atoms with Crippen LogP contribution in [0, 0.1) is 13.8 Å². The van der Waals surface area contributed by atoms with E-state index in [2.05, 4.69) is 55.2 Å². The molecule has 0 amide bonds. The molecule has 0 radical (unpaired) electrons. The molecule has 0 aliphatic carbocycles. The van der Waals surface area contributed by atoms with E-state index in [1.54, 1.807) is 11.3 Å². The van der Waals surface area contributed by atoms with Crippen LogP contribution >= 0.6 is 27.3 Å².